The first-order chi connectivity index (χ1) is 9.40. The number of anilines is 1. The Morgan fingerprint density at radius 1 is 0.842 bits per heavy atom. The van der Waals surface area contributed by atoms with Gasteiger partial charge in [-0.1, -0.05) is 36.4 Å². The van der Waals surface area contributed by atoms with E-state index in [-0.39, 0.29) is 0 Å². The third-order valence-electron chi connectivity index (χ3n) is 3.26. The minimum absolute atomic E-state index is 0.897. The number of nitrogens with one attached hydrogen (secondary N) is 2. The molecule has 0 aliphatic carbocycles. The van der Waals surface area contributed by atoms with Crippen LogP contribution < -0.4 is 10.6 Å². The number of fused-ring (bicyclic) bond motifs is 2. The molecule has 0 aliphatic rings. The molecule has 2 N–H and O–H groups in total. The molecule has 0 bridgehead atoms. The molecule has 19 heavy (non-hydrogen) atoms. The molecule has 0 saturated heterocycles. The monoisotopic (exact) mass is 251 g/mol. The molecule has 0 saturated carbocycles. The van der Waals surface area contributed by atoms with Gasteiger partial charge in [0, 0.05) is 23.9 Å². The van der Waals surface area contributed by atoms with Gasteiger partial charge in [0.1, 0.15) is 0 Å². The van der Waals surface area contributed by atoms with Crippen LogP contribution in [0.4, 0.5) is 5.69 Å². The lowest BCUT2D eigenvalue weighted by Crippen LogP contribution is -2.18. The number of likely N-dealkylation sites (N-methyl/N-ethyl adjacent to an activating group) is 1. The normalized spacial score (nSPS) is 11.0. The first-order valence-corrected chi connectivity index (χ1v) is 6.56. The van der Waals surface area contributed by atoms with Crippen molar-refractivity contribution in [1.29, 1.82) is 0 Å². The van der Waals surface area contributed by atoms with Gasteiger partial charge in [0.2, 0.25) is 0 Å². The number of aromatic nitrogens is 1. The van der Waals surface area contributed by atoms with Crippen molar-refractivity contribution < 1.29 is 0 Å². The highest BCUT2D eigenvalue weighted by Gasteiger charge is 2.07. The Morgan fingerprint density at radius 2 is 1.42 bits per heavy atom. The maximum atomic E-state index is 4.71. The Kier molecular flexibility index (Phi) is 3.29. The summed E-state index contributed by atoms with van der Waals surface area (Å²) in [4.78, 5) is 4.71. The summed E-state index contributed by atoms with van der Waals surface area (Å²) in [6.07, 6.45) is 0. The number of benzene rings is 2. The second kappa shape index (κ2) is 5.24. The summed E-state index contributed by atoms with van der Waals surface area (Å²) >= 11 is 0. The molecule has 3 heteroatoms. The Hall–Kier alpha value is -2.13. The van der Waals surface area contributed by atoms with Gasteiger partial charge in [-0.3, -0.25) is 0 Å². The van der Waals surface area contributed by atoms with Gasteiger partial charge < -0.3 is 10.6 Å². The number of hydrogen-bond donors (Lipinski definition) is 2. The Balaban J connectivity index is 2.21. The molecule has 0 amide bonds. The van der Waals surface area contributed by atoms with E-state index >= 15 is 0 Å². The maximum Gasteiger partial charge on any atom is 0.0730 e. The predicted molar refractivity (Wildman–Crippen MR) is 81.7 cm³/mol. The predicted octanol–water partition coefficient (Wildman–Crippen LogP) is 3.02. The number of nitrogens with zero attached hydrogens (tertiary/aromatic N) is 1. The molecule has 0 spiro atoms. The lowest BCUT2D eigenvalue weighted by atomic mass is 10.1. The summed E-state index contributed by atoms with van der Waals surface area (Å²) in [6, 6.07) is 16.5. The van der Waals surface area contributed by atoms with Gasteiger partial charge in [0.05, 0.1) is 16.7 Å². The molecule has 0 atom stereocenters. The fraction of sp³-hybridized carbons (Fsp3) is 0.188. The van der Waals surface area contributed by atoms with E-state index in [0.717, 1.165) is 24.1 Å². The summed E-state index contributed by atoms with van der Waals surface area (Å²) in [5, 5.41) is 9.04. The molecule has 0 fully saturated rings. The van der Waals surface area contributed by atoms with E-state index in [1.807, 2.05) is 19.2 Å². The van der Waals surface area contributed by atoms with Crippen molar-refractivity contribution in [3.63, 3.8) is 0 Å². The zero-order chi connectivity index (χ0) is 13.1. The van der Waals surface area contributed by atoms with Crippen LogP contribution in [-0.2, 0) is 0 Å². The van der Waals surface area contributed by atoms with Gasteiger partial charge in [-0.2, -0.15) is 0 Å². The van der Waals surface area contributed by atoms with Gasteiger partial charge >= 0.3 is 0 Å². The van der Waals surface area contributed by atoms with Gasteiger partial charge in [-0.15, -0.1) is 0 Å². The van der Waals surface area contributed by atoms with Crippen molar-refractivity contribution in [2.24, 2.45) is 0 Å². The Labute approximate surface area is 112 Å². The van der Waals surface area contributed by atoms with E-state index in [2.05, 4.69) is 47.0 Å². The third-order valence-corrected chi connectivity index (χ3v) is 3.26. The van der Waals surface area contributed by atoms with Crippen molar-refractivity contribution in [1.82, 2.24) is 10.3 Å². The Morgan fingerprint density at radius 3 is 2.00 bits per heavy atom. The standard InChI is InChI=1S/C16H17N3/c1-17-10-11-18-16-12-6-2-4-8-14(12)19-15-9-5-3-7-13(15)16/h2-9,17H,10-11H2,1H3,(H,18,19). The van der Waals surface area contributed by atoms with Gasteiger partial charge in [-0.05, 0) is 19.2 Å². The average Bonchev–Trinajstić information content (AvgIpc) is 2.46. The zero-order valence-corrected chi connectivity index (χ0v) is 11.0. The minimum atomic E-state index is 0.897. The zero-order valence-electron chi connectivity index (χ0n) is 11.0. The molecule has 3 rings (SSSR count). The fourth-order valence-electron chi connectivity index (χ4n) is 2.34. The SMILES string of the molecule is CNCCNc1c2ccccc2nc2ccccc12. The van der Waals surface area contributed by atoms with Gasteiger partial charge in [0.15, 0.2) is 0 Å². The van der Waals surface area contributed by atoms with Crippen molar-refractivity contribution in [2.75, 3.05) is 25.5 Å². The van der Waals surface area contributed by atoms with Crippen LogP contribution in [0.5, 0.6) is 0 Å². The van der Waals surface area contributed by atoms with E-state index in [9.17, 15) is 0 Å². The molecule has 0 aliphatic heterocycles. The second-order valence-electron chi connectivity index (χ2n) is 4.55. The van der Waals surface area contributed by atoms with Crippen LogP contribution in [0.1, 0.15) is 0 Å². The second-order valence-corrected chi connectivity index (χ2v) is 4.55. The van der Waals surface area contributed by atoms with Crippen LogP contribution in [0.3, 0.4) is 0 Å². The van der Waals surface area contributed by atoms with E-state index in [1.54, 1.807) is 0 Å². The van der Waals surface area contributed by atoms with Crippen LogP contribution in [-0.4, -0.2) is 25.1 Å². The lowest BCUT2D eigenvalue weighted by Gasteiger charge is -2.12. The lowest BCUT2D eigenvalue weighted by molar-refractivity contribution is 0.825. The topological polar surface area (TPSA) is 37.0 Å². The molecule has 2 aromatic carbocycles. The first-order valence-electron chi connectivity index (χ1n) is 6.56. The summed E-state index contributed by atoms with van der Waals surface area (Å²) in [5.41, 5.74) is 3.25. The number of para-hydroxylation sites is 2. The van der Waals surface area contributed by atoms with E-state index in [4.69, 9.17) is 4.98 Å². The van der Waals surface area contributed by atoms with E-state index < -0.39 is 0 Å². The van der Waals surface area contributed by atoms with Crippen LogP contribution >= 0.6 is 0 Å². The molecular formula is C16H17N3. The van der Waals surface area contributed by atoms with Crippen molar-refractivity contribution in [3.8, 4) is 0 Å². The number of pyridine rings is 1. The number of hydrogen-bond acceptors (Lipinski definition) is 3. The molecular weight excluding hydrogens is 234 g/mol. The minimum Gasteiger partial charge on any atom is -0.383 e. The summed E-state index contributed by atoms with van der Waals surface area (Å²) < 4.78 is 0. The summed E-state index contributed by atoms with van der Waals surface area (Å²) in [7, 11) is 1.96. The third kappa shape index (κ3) is 2.25. The van der Waals surface area contributed by atoms with Crippen molar-refractivity contribution >= 4 is 27.5 Å². The smallest absolute Gasteiger partial charge is 0.0730 e. The van der Waals surface area contributed by atoms with Crippen LogP contribution in [0.25, 0.3) is 21.8 Å². The van der Waals surface area contributed by atoms with Crippen LogP contribution in [0, 0.1) is 0 Å². The van der Waals surface area contributed by atoms with Crippen molar-refractivity contribution in [3.05, 3.63) is 48.5 Å². The summed E-state index contributed by atoms with van der Waals surface area (Å²) in [6.45, 7) is 1.83. The quantitative estimate of drug-likeness (QED) is 0.553. The molecule has 0 radical (unpaired) electrons. The van der Waals surface area contributed by atoms with E-state index in [1.165, 1.54) is 16.5 Å². The first kappa shape index (κ1) is 11.9. The van der Waals surface area contributed by atoms with E-state index in [0.29, 0.717) is 0 Å². The largest absolute Gasteiger partial charge is 0.383 e. The highest BCUT2D eigenvalue weighted by atomic mass is 14.9. The molecule has 96 valence electrons. The molecule has 1 aromatic heterocycles. The van der Waals surface area contributed by atoms with Crippen LogP contribution in [0.2, 0.25) is 0 Å². The average molecular weight is 251 g/mol. The highest BCUT2D eigenvalue weighted by molar-refractivity contribution is 6.07. The molecule has 3 aromatic rings. The molecule has 1 heterocycles. The van der Waals surface area contributed by atoms with Gasteiger partial charge in [0.25, 0.3) is 0 Å². The van der Waals surface area contributed by atoms with Gasteiger partial charge in [-0.25, -0.2) is 4.98 Å². The molecule has 0 unspecified atom stereocenters. The maximum absolute atomic E-state index is 4.71. The number of rotatable bonds is 4. The molecule has 3 nitrogen and oxygen atoms in total. The van der Waals surface area contributed by atoms with Crippen LogP contribution in [0.15, 0.2) is 48.5 Å². The fourth-order valence-corrected chi connectivity index (χ4v) is 2.34. The van der Waals surface area contributed by atoms with Crippen molar-refractivity contribution in [2.45, 2.75) is 0 Å². The highest BCUT2D eigenvalue weighted by Crippen LogP contribution is 2.30. The Bertz CT molecular complexity index is 653. The summed E-state index contributed by atoms with van der Waals surface area (Å²) in [5.74, 6) is 0.